The topological polar surface area (TPSA) is 27.0 Å². The Balaban J connectivity index is 2.33. The predicted molar refractivity (Wildman–Crippen MR) is 66.8 cm³/mol. The molecule has 0 atom stereocenters. The summed E-state index contributed by atoms with van der Waals surface area (Å²) in [6.07, 6.45) is -2.18. The summed E-state index contributed by atoms with van der Waals surface area (Å²) in [5.74, 6) is 0.602. The summed E-state index contributed by atoms with van der Waals surface area (Å²) in [7, 11) is 0. The van der Waals surface area contributed by atoms with Crippen LogP contribution in [0.3, 0.4) is 0 Å². The molecular weight excluding hydrogens is 253 g/mol. The smallest absolute Gasteiger partial charge is 0.372 e. The average Bonchev–Trinajstić information content (AvgIpc) is 3.18. The molecule has 0 N–H and O–H groups in total. The maximum Gasteiger partial charge on any atom is 0.417 e. The van der Waals surface area contributed by atoms with Crippen molar-refractivity contribution in [2.24, 2.45) is 5.92 Å². The van der Waals surface area contributed by atoms with Crippen LogP contribution in [0.2, 0.25) is 0 Å². The van der Waals surface area contributed by atoms with Gasteiger partial charge in [-0.05, 0) is 43.9 Å². The molecule has 102 valence electrons. The van der Waals surface area contributed by atoms with E-state index in [0.29, 0.717) is 18.2 Å². The average molecular weight is 268 g/mol. The number of rotatable bonds is 4. The lowest BCUT2D eigenvalue weighted by atomic mass is 10.1. The van der Waals surface area contributed by atoms with E-state index in [1.165, 1.54) is 6.07 Å². The van der Waals surface area contributed by atoms with Gasteiger partial charge in [0.25, 0.3) is 0 Å². The first-order chi connectivity index (χ1) is 8.95. The SMILES string of the molecule is CCN(CC1CC1)c1ccc(C#N)c(C(F)(F)F)c1. The molecule has 0 heterocycles. The Kier molecular flexibility index (Phi) is 3.70. The summed E-state index contributed by atoms with van der Waals surface area (Å²) < 4.78 is 38.7. The minimum atomic E-state index is -4.49. The molecule has 5 heteroatoms. The van der Waals surface area contributed by atoms with E-state index in [9.17, 15) is 13.2 Å². The lowest BCUT2D eigenvalue weighted by Crippen LogP contribution is -2.25. The molecule has 2 nitrogen and oxygen atoms in total. The van der Waals surface area contributed by atoms with Gasteiger partial charge in [0.05, 0.1) is 17.2 Å². The van der Waals surface area contributed by atoms with Gasteiger partial charge in [-0.25, -0.2) is 0 Å². The van der Waals surface area contributed by atoms with Crippen molar-refractivity contribution in [2.45, 2.75) is 25.9 Å². The van der Waals surface area contributed by atoms with Crippen LogP contribution < -0.4 is 4.90 Å². The highest BCUT2D eigenvalue weighted by atomic mass is 19.4. The van der Waals surface area contributed by atoms with Crippen molar-refractivity contribution in [3.8, 4) is 6.07 Å². The Labute approximate surface area is 110 Å². The maximum absolute atomic E-state index is 12.9. The van der Waals surface area contributed by atoms with Crippen molar-refractivity contribution < 1.29 is 13.2 Å². The molecule has 0 bridgehead atoms. The van der Waals surface area contributed by atoms with E-state index >= 15 is 0 Å². The third-order valence-electron chi connectivity index (χ3n) is 3.35. The van der Waals surface area contributed by atoms with Crippen LogP contribution in [0.25, 0.3) is 0 Å². The highest BCUT2D eigenvalue weighted by Gasteiger charge is 2.34. The fraction of sp³-hybridized carbons (Fsp3) is 0.500. The molecule has 0 spiro atoms. The molecule has 1 aromatic rings. The highest BCUT2D eigenvalue weighted by Crippen LogP contribution is 2.36. The number of nitriles is 1. The van der Waals surface area contributed by atoms with Crippen LogP contribution in [-0.2, 0) is 6.18 Å². The fourth-order valence-corrected chi connectivity index (χ4v) is 2.09. The van der Waals surface area contributed by atoms with E-state index < -0.39 is 11.7 Å². The molecular formula is C14H15F3N2. The predicted octanol–water partition coefficient (Wildman–Crippen LogP) is 3.81. The molecule has 0 unspecified atom stereocenters. The van der Waals surface area contributed by atoms with E-state index in [-0.39, 0.29) is 5.56 Å². The third kappa shape index (κ3) is 3.19. The molecule has 0 saturated heterocycles. The summed E-state index contributed by atoms with van der Waals surface area (Å²) >= 11 is 0. The quantitative estimate of drug-likeness (QED) is 0.830. The standard InChI is InChI=1S/C14H15F3N2/c1-2-19(9-10-3-4-10)12-6-5-11(8-18)13(7-12)14(15,16)17/h5-7,10H,2-4,9H2,1H3. The summed E-state index contributed by atoms with van der Waals surface area (Å²) in [5, 5.41) is 8.76. The number of hydrogen-bond donors (Lipinski definition) is 0. The van der Waals surface area contributed by atoms with Crippen molar-refractivity contribution in [1.82, 2.24) is 0 Å². The van der Waals surface area contributed by atoms with E-state index in [2.05, 4.69) is 0 Å². The number of nitrogens with zero attached hydrogens (tertiary/aromatic N) is 2. The first-order valence-electron chi connectivity index (χ1n) is 6.32. The first kappa shape index (κ1) is 13.7. The van der Waals surface area contributed by atoms with Crippen molar-refractivity contribution in [3.63, 3.8) is 0 Å². The van der Waals surface area contributed by atoms with Gasteiger partial charge in [-0.3, -0.25) is 0 Å². The molecule has 1 aliphatic carbocycles. The van der Waals surface area contributed by atoms with Gasteiger partial charge in [-0.1, -0.05) is 0 Å². The zero-order valence-corrected chi connectivity index (χ0v) is 10.7. The molecule has 0 radical (unpaired) electrons. The van der Waals surface area contributed by atoms with Crippen LogP contribution in [0, 0.1) is 17.2 Å². The van der Waals surface area contributed by atoms with Crippen LogP contribution in [-0.4, -0.2) is 13.1 Å². The summed E-state index contributed by atoms with van der Waals surface area (Å²) in [4.78, 5) is 1.94. The molecule has 19 heavy (non-hydrogen) atoms. The van der Waals surface area contributed by atoms with Crippen molar-refractivity contribution >= 4 is 5.69 Å². The number of hydrogen-bond acceptors (Lipinski definition) is 2. The van der Waals surface area contributed by atoms with Crippen LogP contribution in [0.15, 0.2) is 18.2 Å². The van der Waals surface area contributed by atoms with Crippen LogP contribution in [0.5, 0.6) is 0 Å². The van der Waals surface area contributed by atoms with E-state index in [1.54, 1.807) is 12.1 Å². The second kappa shape index (κ2) is 5.12. The van der Waals surface area contributed by atoms with Crippen molar-refractivity contribution in [1.29, 1.82) is 5.26 Å². The molecule has 2 rings (SSSR count). The molecule has 1 saturated carbocycles. The van der Waals surface area contributed by atoms with Gasteiger partial charge < -0.3 is 4.90 Å². The fourth-order valence-electron chi connectivity index (χ4n) is 2.09. The second-order valence-electron chi connectivity index (χ2n) is 4.82. The molecule has 0 aromatic heterocycles. The van der Waals surface area contributed by atoms with Gasteiger partial charge >= 0.3 is 6.18 Å². The van der Waals surface area contributed by atoms with Gasteiger partial charge in [0.15, 0.2) is 0 Å². The zero-order valence-electron chi connectivity index (χ0n) is 10.7. The zero-order chi connectivity index (χ0) is 14.0. The lowest BCUT2D eigenvalue weighted by molar-refractivity contribution is -0.137. The van der Waals surface area contributed by atoms with E-state index in [1.807, 2.05) is 11.8 Å². The van der Waals surface area contributed by atoms with Gasteiger partial charge in [0.1, 0.15) is 0 Å². The summed E-state index contributed by atoms with van der Waals surface area (Å²) in [6, 6.07) is 5.54. The van der Waals surface area contributed by atoms with Crippen LogP contribution in [0.1, 0.15) is 30.9 Å². The van der Waals surface area contributed by atoms with Gasteiger partial charge in [-0.15, -0.1) is 0 Å². The van der Waals surface area contributed by atoms with Crippen LogP contribution in [0.4, 0.5) is 18.9 Å². The molecule has 1 aromatic carbocycles. The molecule has 0 amide bonds. The number of benzene rings is 1. The van der Waals surface area contributed by atoms with Crippen molar-refractivity contribution in [3.05, 3.63) is 29.3 Å². The second-order valence-corrected chi connectivity index (χ2v) is 4.82. The normalized spacial score (nSPS) is 15.1. The highest BCUT2D eigenvalue weighted by molar-refractivity contribution is 5.54. The van der Waals surface area contributed by atoms with Gasteiger partial charge in [0, 0.05) is 18.8 Å². The Morgan fingerprint density at radius 1 is 1.37 bits per heavy atom. The third-order valence-corrected chi connectivity index (χ3v) is 3.35. The molecule has 1 aliphatic rings. The Bertz CT molecular complexity index is 498. The Morgan fingerprint density at radius 3 is 2.53 bits per heavy atom. The monoisotopic (exact) mass is 268 g/mol. The molecule has 0 aliphatic heterocycles. The number of alkyl halides is 3. The maximum atomic E-state index is 12.9. The summed E-state index contributed by atoms with van der Waals surface area (Å²) in [6.45, 7) is 3.38. The van der Waals surface area contributed by atoms with Crippen molar-refractivity contribution in [2.75, 3.05) is 18.0 Å². The first-order valence-corrected chi connectivity index (χ1v) is 6.32. The van der Waals surface area contributed by atoms with E-state index in [4.69, 9.17) is 5.26 Å². The Morgan fingerprint density at radius 2 is 2.05 bits per heavy atom. The lowest BCUT2D eigenvalue weighted by Gasteiger charge is -2.24. The number of halogens is 3. The minimum Gasteiger partial charge on any atom is -0.372 e. The van der Waals surface area contributed by atoms with Gasteiger partial charge in [0.2, 0.25) is 0 Å². The van der Waals surface area contributed by atoms with Crippen LogP contribution >= 0.6 is 0 Å². The van der Waals surface area contributed by atoms with E-state index in [0.717, 1.165) is 25.5 Å². The van der Waals surface area contributed by atoms with Gasteiger partial charge in [-0.2, -0.15) is 18.4 Å². The largest absolute Gasteiger partial charge is 0.417 e. The summed E-state index contributed by atoms with van der Waals surface area (Å²) in [5.41, 5.74) is -0.624. The Hall–Kier alpha value is -1.70. The number of anilines is 1. The molecule has 1 fully saturated rings. The minimum absolute atomic E-state index is 0.321.